The van der Waals surface area contributed by atoms with Crippen molar-refractivity contribution >= 4 is 98.8 Å². The molecule has 12 aromatic rings. The Morgan fingerprint density at radius 3 is 1.10 bits per heavy atom. The Morgan fingerprint density at radius 2 is 0.672 bits per heavy atom. The molecule has 61 heavy (non-hydrogen) atoms. The van der Waals surface area contributed by atoms with Gasteiger partial charge in [0.15, 0.2) is 0 Å². The van der Waals surface area contributed by atoms with Gasteiger partial charge in [-0.15, -0.1) is 0 Å². The summed E-state index contributed by atoms with van der Waals surface area (Å²) >= 11 is 0. The van der Waals surface area contributed by atoms with Crippen LogP contribution in [0.3, 0.4) is 0 Å². The van der Waals surface area contributed by atoms with E-state index in [0.717, 1.165) is 22.7 Å². The standard InChI is InChI=1S/C59H40N2/c1-59(2)51-35-45(60(43-19-5-3-6-20-43)53-33-41-17-9-13-37-25-27-39-15-11-23-49(53)57(39)55(37)41)29-31-47(51)48-32-30-46(36-52(48)59)61(44-21-7-4-8-22-44)54-34-42-18-10-14-38-26-28-40-16-12-24-50(54)58(40)56(38)42/h3-36H,1-2H3. The van der Waals surface area contributed by atoms with Gasteiger partial charge < -0.3 is 9.80 Å². The van der Waals surface area contributed by atoms with Gasteiger partial charge in [0.1, 0.15) is 0 Å². The molecule has 1 aliphatic carbocycles. The van der Waals surface area contributed by atoms with Crippen molar-refractivity contribution in [1.29, 1.82) is 0 Å². The average Bonchev–Trinajstić information content (AvgIpc) is 3.53. The van der Waals surface area contributed by atoms with Crippen LogP contribution in [0.25, 0.3) is 75.8 Å². The Hall–Kier alpha value is -7.68. The predicted octanol–water partition coefficient (Wildman–Crippen LogP) is 16.7. The summed E-state index contributed by atoms with van der Waals surface area (Å²) in [6.07, 6.45) is 0. The third-order valence-electron chi connectivity index (χ3n) is 13.6. The molecule has 0 N–H and O–H groups in total. The average molecular weight is 777 g/mol. The summed E-state index contributed by atoms with van der Waals surface area (Å²) in [5.41, 5.74) is 12.0. The monoisotopic (exact) mass is 776 g/mol. The lowest BCUT2D eigenvalue weighted by molar-refractivity contribution is 0.660. The van der Waals surface area contributed by atoms with Crippen molar-refractivity contribution < 1.29 is 0 Å². The van der Waals surface area contributed by atoms with Crippen LogP contribution in [0, 0.1) is 0 Å². The van der Waals surface area contributed by atoms with Crippen LogP contribution >= 0.6 is 0 Å². The van der Waals surface area contributed by atoms with Crippen LogP contribution in [-0.2, 0) is 5.41 Å². The number of rotatable bonds is 6. The number of anilines is 6. The number of fused-ring (bicyclic) bond motifs is 3. The van der Waals surface area contributed by atoms with Gasteiger partial charge in [-0.2, -0.15) is 0 Å². The first kappa shape index (κ1) is 34.2. The predicted molar refractivity (Wildman–Crippen MR) is 261 cm³/mol. The highest BCUT2D eigenvalue weighted by molar-refractivity contribution is 6.28. The SMILES string of the molecule is CC1(C)c2cc(N(c3ccccc3)c3cc4cccc5ccc6cccc3c6c54)ccc2-c2ccc(N(c3ccccc3)c3cc4cccc5ccc6cccc3c6c54)cc21. The summed E-state index contributed by atoms with van der Waals surface area (Å²) in [4.78, 5) is 4.94. The van der Waals surface area contributed by atoms with E-state index in [9.17, 15) is 0 Å². The highest BCUT2D eigenvalue weighted by Crippen LogP contribution is 2.54. The van der Waals surface area contributed by atoms with Gasteiger partial charge in [-0.1, -0.05) is 159 Å². The van der Waals surface area contributed by atoms with Gasteiger partial charge in [-0.3, -0.25) is 0 Å². The lowest BCUT2D eigenvalue weighted by Gasteiger charge is -2.30. The quantitative estimate of drug-likeness (QED) is 0.155. The first-order chi connectivity index (χ1) is 30.0. The fourth-order valence-corrected chi connectivity index (χ4v) is 10.9. The molecule has 2 nitrogen and oxygen atoms in total. The zero-order valence-electron chi connectivity index (χ0n) is 34.0. The Morgan fingerprint density at radius 1 is 0.295 bits per heavy atom. The van der Waals surface area contributed by atoms with E-state index in [1.54, 1.807) is 0 Å². The maximum Gasteiger partial charge on any atom is 0.0546 e. The van der Waals surface area contributed by atoms with Crippen LogP contribution in [0.1, 0.15) is 25.0 Å². The summed E-state index contributed by atoms with van der Waals surface area (Å²) < 4.78 is 0. The molecule has 1 aliphatic rings. The Balaban J connectivity index is 0.989. The Labute approximate surface area is 354 Å². The highest BCUT2D eigenvalue weighted by atomic mass is 15.1. The zero-order chi connectivity index (χ0) is 40.4. The van der Waals surface area contributed by atoms with Crippen LogP contribution in [-0.4, -0.2) is 0 Å². The van der Waals surface area contributed by atoms with Gasteiger partial charge in [0.2, 0.25) is 0 Å². The lowest BCUT2D eigenvalue weighted by atomic mass is 9.82. The molecule has 0 heterocycles. The van der Waals surface area contributed by atoms with E-state index in [1.807, 2.05) is 0 Å². The second kappa shape index (κ2) is 12.7. The summed E-state index contributed by atoms with van der Waals surface area (Å²) in [5, 5.41) is 15.4. The largest absolute Gasteiger partial charge is 0.310 e. The smallest absolute Gasteiger partial charge is 0.0546 e. The summed E-state index contributed by atoms with van der Waals surface area (Å²) in [6, 6.07) is 76.8. The van der Waals surface area contributed by atoms with Crippen molar-refractivity contribution in [3.63, 3.8) is 0 Å². The molecule has 0 radical (unpaired) electrons. The summed E-state index contributed by atoms with van der Waals surface area (Å²) in [6.45, 7) is 4.81. The lowest BCUT2D eigenvalue weighted by Crippen LogP contribution is -2.18. The van der Waals surface area contributed by atoms with Crippen molar-refractivity contribution in [3.8, 4) is 11.1 Å². The van der Waals surface area contributed by atoms with Gasteiger partial charge in [0.25, 0.3) is 0 Å². The second-order valence-corrected chi connectivity index (χ2v) is 17.3. The van der Waals surface area contributed by atoms with E-state index < -0.39 is 0 Å². The van der Waals surface area contributed by atoms with Crippen LogP contribution < -0.4 is 9.80 Å². The molecule has 0 saturated heterocycles. The fraction of sp³-hybridized carbons (Fsp3) is 0.0508. The minimum absolute atomic E-state index is 0.264. The Bertz CT molecular complexity index is 3440. The molecule has 12 aromatic carbocycles. The molecule has 0 aliphatic heterocycles. The number of benzene rings is 12. The van der Waals surface area contributed by atoms with E-state index in [4.69, 9.17) is 0 Å². The summed E-state index contributed by atoms with van der Waals surface area (Å²) in [7, 11) is 0. The third-order valence-corrected chi connectivity index (χ3v) is 13.6. The van der Waals surface area contributed by atoms with E-state index in [-0.39, 0.29) is 5.41 Å². The molecule has 0 amide bonds. The topological polar surface area (TPSA) is 6.48 Å². The number of hydrogen-bond donors (Lipinski definition) is 0. The molecule has 0 saturated carbocycles. The maximum atomic E-state index is 2.47. The van der Waals surface area contributed by atoms with Crippen molar-refractivity contribution in [3.05, 3.63) is 217 Å². The molecule has 13 rings (SSSR count). The molecule has 286 valence electrons. The molecule has 0 spiro atoms. The van der Waals surface area contributed by atoms with Crippen LogP contribution in [0.2, 0.25) is 0 Å². The highest BCUT2D eigenvalue weighted by Gasteiger charge is 2.37. The van der Waals surface area contributed by atoms with Crippen molar-refractivity contribution in [1.82, 2.24) is 0 Å². The van der Waals surface area contributed by atoms with E-state index in [0.29, 0.717) is 0 Å². The fourth-order valence-electron chi connectivity index (χ4n) is 10.9. The number of hydrogen-bond acceptors (Lipinski definition) is 2. The molecular formula is C59H40N2. The molecule has 0 fully saturated rings. The van der Waals surface area contributed by atoms with Crippen molar-refractivity contribution in [2.75, 3.05) is 9.80 Å². The van der Waals surface area contributed by atoms with Crippen LogP contribution in [0.4, 0.5) is 34.1 Å². The van der Waals surface area contributed by atoms with Gasteiger partial charge >= 0.3 is 0 Å². The number of para-hydroxylation sites is 2. The molecule has 2 heteroatoms. The van der Waals surface area contributed by atoms with Gasteiger partial charge in [0.05, 0.1) is 11.4 Å². The van der Waals surface area contributed by atoms with Gasteiger partial charge in [0, 0.05) is 38.9 Å². The molecule has 0 unspecified atom stereocenters. The summed E-state index contributed by atoms with van der Waals surface area (Å²) in [5.74, 6) is 0. The van der Waals surface area contributed by atoms with Crippen LogP contribution in [0.15, 0.2) is 206 Å². The first-order valence-corrected chi connectivity index (χ1v) is 21.3. The van der Waals surface area contributed by atoms with Crippen molar-refractivity contribution in [2.45, 2.75) is 19.3 Å². The second-order valence-electron chi connectivity index (χ2n) is 17.3. The van der Waals surface area contributed by atoms with E-state index >= 15 is 0 Å². The number of nitrogens with zero attached hydrogens (tertiary/aromatic N) is 2. The minimum Gasteiger partial charge on any atom is -0.310 e. The normalized spacial score (nSPS) is 13.2. The molecule has 0 aromatic heterocycles. The minimum atomic E-state index is -0.264. The van der Waals surface area contributed by atoms with Crippen LogP contribution in [0.5, 0.6) is 0 Å². The maximum absolute atomic E-state index is 2.47. The third kappa shape index (κ3) is 4.91. The van der Waals surface area contributed by atoms with E-state index in [2.05, 4.69) is 230 Å². The van der Waals surface area contributed by atoms with Crippen molar-refractivity contribution in [2.24, 2.45) is 0 Å². The van der Waals surface area contributed by atoms with Gasteiger partial charge in [-0.25, -0.2) is 0 Å². The first-order valence-electron chi connectivity index (χ1n) is 21.3. The van der Waals surface area contributed by atoms with Gasteiger partial charge in [-0.05, 0) is 137 Å². The Kier molecular flexibility index (Phi) is 7.10. The molecule has 0 bridgehead atoms. The zero-order valence-corrected chi connectivity index (χ0v) is 34.0. The molecular weight excluding hydrogens is 737 g/mol. The van der Waals surface area contributed by atoms with E-state index in [1.165, 1.54) is 98.3 Å². The molecule has 0 atom stereocenters.